The van der Waals surface area contributed by atoms with Gasteiger partial charge < -0.3 is 0 Å². The van der Waals surface area contributed by atoms with Crippen molar-refractivity contribution < 1.29 is 0 Å². The van der Waals surface area contributed by atoms with Crippen LogP contribution in [0.5, 0.6) is 0 Å². The molecular weight excluding hydrogens is 202 g/mol. The van der Waals surface area contributed by atoms with Crippen molar-refractivity contribution in [3.05, 3.63) is 28.8 Å². The van der Waals surface area contributed by atoms with Gasteiger partial charge >= 0.3 is 0 Å². The van der Waals surface area contributed by atoms with Crippen molar-refractivity contribution in [3.8, 4) is 0 Å². The minimum Gasteiger partial charge on any atom is -0.201 e. The maximum absolute atomic E-state index is 4.26. The lowest BCUT2D eigenvalue weighted by Crippen LogP contribution is -2.12. The first-order chi connectivity index (χ1) is 7.18. The molecule has 2 atom stereocenters. The van der Waals surface area contributed by atoms with E-state index in [9.17, 15) is 0 Å². The zero-order valence-corrected chi connectivity index (χ0v) is 10.6. The quantitative estimate of drug-likeness (QED) is 0.683. The van der Waals surface area contributed by atoms with Gasteiger partial charge in [-0.2, -0.15) is 0 Å². The number of allylic oxidation sites excluding steroid dienone is 2. The van der Waals surface area contributed by atoms with E-state index in [2.05, 4.69) is 37.3 Å². The third-order valence-corrected chi connectivity index (χ3v) is 4.17. The Bertz CT molecular complexity index is 351. The smallest absolute Gasteiger partial charge is 0.0447 e. The van der Waals surface area contributed by atoms with Crippen LogP contribution in [0.2, 0.25) is 0 Å². The molecule has 1 nitrogen and oxygen atoms in total. The predicted molar refractivity (Wildman–Crippen MR) is 66.3 cm³/mol. The molecule has 0 spiro atoms. The average Bonchev–Trinajstić information content (AvgIpc) is 2.65. The fraction of sp³-hybridized carbons (Fsp3) is 0.615. The van der Waals surface area contributed by atoms with Crippen LogP contribution in [0.3, 0.4) is 0 Å². The summed E-state index contributed by atoms with van der Waals surface area (Å²) in [6.07, 6.45) is 9.47. The molecule has 2 rings (SSSR count). The van der Waals surface area contributed by atoms with E-state index in [4.69, 9.17) is 0 Å². The topological polar surface area (TPSA) is 12.9 Å². The molecule has 1 aromatic heterocycles. The fourth-order valence-electron chi connectivity index (χ4n) is 2.32. The van der Waals surface area contributed by atoms with E-state index < -0.39 is 0 Å². The summed E-state index contributed by atoms with van der Waals surface area (Å²) in [4.78, 5) is 1.38. The summed E-state index contributed by atoms with van der Waals surface area (Å²) < 4.78 is 4.26. The third kappa shape index (κ3) is 2.31. The Morgan fingerprint density at radius 1 is 1.33 bits per heavy atom. The van der Waals surface area contributed by atoms with Crippen LogP contribution in [0, 0.1) is 18.8 Å². The lowest BCUT2D eigenvalue weighted by Gasteiger charge is -2.25. The van der Waals surface area contributed by atoms with Gasteiger partial charge in [-0.05, 0) is 48.7 Å². The van der Waals surface area contributed by atoms with Crippen molar-refractivity contribution in [1.82, 2.24) is 4.37 Å². The van der Waals surface area contributed by atoms with Crippen molar-refractivity contribution in [2.45, 2.75) is 39.5 Å². The van der Waals surface area contributed by atoms with Crippen LogP contribution in [-0.4, -0.2) is 4.37 Å². The Morgan fingerprint density at radius 3 is 2.60 bits per heavy atom. The van der Waals surface area contributed by atoms with Crippen molar-refractivity contribution in [1.29, 1.82) is 0 Å². The number of hydrogen-bond acceptors (Lipinski definition) is 2. The Morgan fingerprint density at radius 2 is 2.13 bits per heavy atom. The Balaban J connectivity index is 2.10. The van der Waals surface area contributed by atoms with Crippen LogP contribution in [0.1, 0.15) is 43.0 Å². The highest BCUT2D eigenvalue weighted by molar-refractivity contribution is 7.05. The normalized spacial score (nSPS) is 26.1. The number of hydrogen-bond donors (Lipinski definition) is 0. The van der Waals surface area contributed by atoms with Gasteiger partial charge in [-0.15, -0.1) is 0 Å². The van der Waals surface area contributed by atoms with Crippen LogP contribution in [0.15, 0.2) is 18.3 Å². The van der Waals surface area contributed by atoms with Crippen molar-refractivity contribution in [3.63, 3.8) is 0 Å². The van der Waals surface area contributed by atoms with E-state index >= 15 is 0 Å². The highest BCUT2D eigenvalue weighted by atomic mass is 32.1. The highest BCUT2D eigenvalue weighted by Gasteiger charge is 2.20. The van der Waals surface area contributed by atoms with Crippen LogP contribution in [0.25, 0.3) is 0 Å². The van der Waals surface area contributed by atoms with Crippen LogP contribution in [-0.2, 0) is 0 Å². The molecule has 0 fully saturated rings. The molecule has 0 radical (unpaired) electrons. The minimum atomic E-state index is 0.624. The van der Waals surface area contributed by atoms with Crippen molar-refractivity contribution >= 4 is 11.5 Å². The van der Waals surface area contributed by atoms with E-state index in [1.54, 1.807) is 11.5 Å². The summed E-state index contributed by atoms with van der Waals surface area (Å²) in [6.45, 7) is 6.80. The molecule has 0 aliphatic heterocycles. The number of nitrogens with zero attached hydrogens (tertiary/aromatic N) is 1. The maximum atomic E-state index is 4.26. The minimum absolute atomic E-state index is 0.624. The number of aryl methyl sites for hydroxylation is 1. The van der Waals surface area contributed by atoms with E-state index in [0.29, 0.717) is 5.92 Å². The van der Waals surface area contributed by atoms with Crippen molar-refractivity contribution in [2.24, 2.45) is 11.8 Å². The molecule has 0 saturated heterocycles. The molecule has 0 bridgehead atoms. The fourth-order valence-corrected chi connectivity index (χ4v) is 2.95. The van der Waals surface area contributed by atoms with Crippen LogP contribution in [0.4, 0.5) is 0 Å². The van der Waals surface area contributed by atoms with E-state index in [0.717, 1.165) is 11.8 Å². The van der Waals surface area contributed by atoms with Gasteiger partial charge in [0.2, 0.25) is 0 Å². The molecule has 1 aliphatic carbocycles. The third-order valence-electron chi connectivity index (χ3n) is 3.45. The number of rotatable bonds is 2. The SMILES string of the molecule is Cc1sncc1C1C=CC(C(C)C)CC1. The average molecular weight is 221 g/mol. The van der Waals surface area contributed by atoms with E-state index in [1.807, 2.05) is 6.20 Å². The molecule has 1 heterocycles. The maximum Gasteiger partial charge on any atom is 0.0447 e. The van der Waals surface area contributed by atoms with Crippen LogP contribution < -0.4 is 0 Å². The second-order valence-corrected chi connectivity index (χ2v) is 5.82. The van der Waals surface area contributed by atoms with E-state index in [1.165, 1.54) is 23.3 Å². The van der Waals surface area contributed by atoms with Gasteiger partial charge in [0.1, 0.15) is 0 Å². The molecule has 2 heteroatoms. The van der Waals surface area contributed by atoms with Gasteiger partial charge in [0.15, 0.2) is 0 Å². The van der Waals surface area contributed by atoms with Gasteiger partial charge in [0.05, 0.1) is 0 Å². The lowest BCUT2D eigenvalue weighted by atomic mass is 9.80. The first kappa shape index (κ1) is 10.9. The second kappa shape index (κ2) is 4.48. The van der Waals surface area contributed by atoms with Crippen molar-refractivity contribution in [2.75, 3.05) is 0 Å². The number of aromatic nitrogens is 1. The van der Waals surface area contributed by atoms with Gasteiger partial charge in [0, 0.05) is 17.0 Å². The molecule has 0 saturated carbocycles. The molecule has 1 aliphatic rings. The monoisotopic (exact) mass is 221 g/mol. The lowest BCUT2D eigenvalue weighted by molar-refractivity contribution is 0.399. The zero-order chi connectivity index (χ0) is 10.8. The summed E-state index contributed by atoms with van der Waals surface area (Å²) in [5.41, 5.74) is 1.44. The molecule has 2 unspecified atom stereocenters. The molecule has 1 aromatic rings. The largest absolute Gasteiger partial charge is 0.201 e. The first-order valence-electron chi connectivity index (χ1n) is 5.78. The summed E-state index contributed by atoms with van der Waals surface area (Å²) in [6, 6.07) is 0. The van der Waals surface area contributed by atoms with Gasteiger partial charge in [-0.1, -0.05) is 26.0 Å². The van der Waals surface area contributed by atoms with Crippen LogP contribution >= 0.6 is 11.5 Å². The summed E-state index contributed by atoms with van der Waals surface area (Å²) >= 11 is 1.62. The molecule has 0 N–H and O–H groups in total. The van der Waals surface area contributed by atoms with E-state index in [-0.39, 0.29) is 0 Å². The molecule has 0 aromatic carbocycles. The highest BCUT2D eigenvalue weighted by Crippen LogP contribution is 2.35. The standard InChI is InChI=1S/C13H19NS/c1-9(2)11-4-6-12(7-5-11)13-8-14-15-10(13)3/h4,6,8-9,11-12H,5,7H2,1-3H3. The summed E-state index contributed by atoms with van der Waals surface area (Å²) in [5.74, 6) is 2.19. The Hall–Kier alpha value is -0.630. The summed E-state index contributed by atoms with van der Waals surface area (Å²) in [7, 11) is 0. The predicted octanol–water partition coefficient (Wildman–Crippen LogP) is 4.16. The first-order valence-corrected chi connectivity index (χ1v) is 6.55. The summed E-state index contributed by atoms with van der Waals surface area (Å²) in [5, 5.41) is 0. The molecule has 82 valence electrons. The second-order valence-electron chi connectivity index (χ2n) is 4.81. The Labute approximate surface area is 96.4 Å². The van der Waals surface area contributed by atoms with Gasteiger partial charge in [0.25, 0.3) is 0 Å². The van der Waals surface area contributed by atoms with Gasteiger partial charge in [-0.25, -0.2) is 4.37 Å². The Kier molecular flexibility index (Phi) is 3.25. The van der Waals surface area contributed by atoms with Gasteiger partial charge in [-0.3, -0.25) is 0 Å². The molecular formula is C13H19NS. The zero-order valence-electron chi connectivity index (χ0n) is 9.73. The molecule has 15 heavy (non-hydrogen) atoms. The molecule has 0 amide bonds.